The van der Waals surface area contributed by atoms with Crippen LogP contribution < -0.4 is 0 Å². The highest BCUT2D eigenvalue weighted by molar-refractivity contribution is 7.92. The number of carbonyl (C=O) groups is 1. The smallest absolute Gasteiger partial charge is 0.187 e. The molecular formula is C16H25O8S-. The molecule has 0 saturated carbocycles. The van der Waals surface area contributed by atoms with Crippen LogP contribution in [0.1, 0.15) is 0 Å². The molecule has 1 aliphatic rings. The van der Waals surface area contributed by atoms with Crippen molar-refractivity contribution in [2.45, 2.75) is 24.6 Å². The molecule has 9 heteroatoms. The lowest BCUT2D eigenvalue weighted by Crippen LogP contribution is -2.58. The Kier molecular flexibility index (Phi) is 9.81. The zero-order chi connectivity index (χ0) is 18.8. The molecule has 1 fully saturated rings. The van der Waals surface area contributed by atoms with Crippen LogP contribution in [0.5, 0.6) is 0 Å². The van der Waals surface area contributed by atoms with Crippen LogP contribution in [0.3, 0.4) is 0 Å². The molecule has 0 aromatic rings. The van der Waals surface area contributed by atoms with Crippen molar-refractivity contribution in [1.29, 1.82) is 0 Å². The fourth-order valence-electron chi connectivity index (χ4n) is 2.58. The second-order valence-corrected chi connectivity index (χ2v) is 6.72. The molecule has 0 aromatic heterocycles. The Morgan fingerprint density at radius 3 is 2.40 bits per heavy atom. The van der Waals surface area contributed by atoms with Crippen molar-refractivity contribution in [1.82, 2.24) is 0 Å². The molecule has 1 saturated heterocycles. The Balaban J connectivity index is 3.00. The maximum absolute atomic E-state index is 11.6. The minimum atomic E-state index is -0.907. The molecule has 25 heavy (non-hydrogen) atoms. The summed E-state index contributed by atoms with van der Waals surface area (Å²) in [6, 6.07) is 0. The monoisotopic (exact) mass is 377 g/mol. The summed E-state index contributed by atoms with van der Waals surface area (Å²) >= 11 is 0. The predicted molar refractivity (Wildman–Crippen MR) is 92.9 cm³/mol. The average molecular weight is 377 g/mol. The molecule has 0 aliphatic carbocycles. The minimum Gasteiger partial charge on any atom is -0.501 e. The van der Waals surface area contributed by atoms with Crippen molar-refractivity contribution in [3.8, 4) is 0 Å². The molecule has 0 aromatic carbocycles. The molecule has 0 radical (unpaired) electrons. The first kappa shape index (κ1) is 21.7. The van der Waals surface area contributed by atoms with E-state index in [9.17, 15) is 9.59 Å². The van der Waals surface area contributed by atoms with E-state index in [4.69, 9.17) is 28.4 Å². The van der Waals surface area contributed by atoms with Gasteiger partial charge in [-0.15, -0.1) is 0 Å². The Labute approximate surface area is 149 Å². The van der Waals surface area contributed by atoms with Gasteiger partial charge in [-0.05, 0) is 5.23 Å². The maximum atomic E-state index is 11.6. The van der Waals surface area contributed by atoms with E-state index in [1.54, 1.807) is 0 Å². The van der Waals surface area contributed by atoms with E-state index in [1.165, 1.54) is 34.7 Å². The van der Waals surface area contributed by atoms with Crippen molar-refractivity contribution < 1.29 is 38.0 Å². The topological polar surface area (TPSA) is 89.5 Å². The third-order valence-electron chi connectivity index (χ3n) is 3.80. The van der Waals surface area contributed by atoms with Gasteiger partial charge in [-0.25, -0.2) is 5.87 Å². The minimum absolute atomic E-state index is 0.0691. The largest absolute Gasteiger partial charge is 0.501 e. The Bertz CT molecular complexity index is 550. The molecule has 1 rings (SSSR count). The SMILES string of the molecule is C=[S-](=C=O)CC1OC(OCC(=COC)OC)C(OC)C(OC)C1C=O. The summed E-state index contributed by atoms with van der Waals surface area (Å²) in [6.07, 6.45) is -0.502. The van der Waals surface area contributed by atoms with Gasteiger partial charge in [0.05, 0.1) is 26.2 Å². The summed E-state index contributed by atoms with van der Waals surface area (Å²) in [4.78, 5) is 22.4. The van der Waals surface area contributed by atoms with E-state index >= 15 is 0 Å². The van der Waals surface area contributed by atoms with Crippen molar-refractivity contribution in [2.24, 2.45) is 5.92 Å². The van der Waals surface area contributed by atoms with Crippen LogP contribution in [-0.2, 0) is 48.1 Å². The lowest BCUT2D eigenvalue weighted by molar-refractivity contribution is -0.283. The number of rotatable bonds is 10. The zero-order valence-electron chi connectivity index (χ0n) is 14.8. The van der Waals surface area contributed by atoms with E-state index in [2.05, 4.69) is 5.87 Å². The molecule has 0 N–H and O–H groups in total. The third-order valence-corrected chi connectivity index (χ3v) is 4.76. The molecule has 0 bridgehead atoms. The highest BCUT2D eigenvalue weighted by atomic mass is 32.2. The van der Waals surface area contributed by atoms with Crippen molar-refractivity contribution >= 4 is 27.5 Å². The summed E-state index contributed by atoms with van der Waals surface area (Å²) in [5.41, 5.74) is 0. The molecule has 0 spiro atoms. The summed E-state index contributed by atoms with van der Waals surface area (Å²) in [7, 11) is 5.03. The Morgan fingerprint density at radius 2 is 1.92 bits per heavy atom. The predicted octanol–water partition coefficient (Wildman–Crippen LogP) is -0.175. The van der Waals surface area contributed by atoms with Gasteiger partial charge in [-0.1, -0.05) is 5.75 Å². The van der Waals surface area contributed by atoms with Crippen LogP contribution in [0.4, 0.5) is 0 Å². The second kappa shape index (κ2) is 11.3. The van der Waals surface area contributed by atoms with Crippen LogP contribution in [0.15, 0.2) is 12.0 Å². The third kappa shape index (κ3) is 5.85. The van der Waals surface area contributed by atoms with E-state index in [1.807, 2.05) is 5.23 Å². The summed E-state index contributed by atoms with van der Waals surface area (Å²) in [5.74, 6) is 3.77. The van der Waals surface area contributed by atoms with E-state index in [-0.39, 0.29) is 12.4 Å². The number of ether oxygens (including phenoxy) is 6. The number of methoxy groups -OCH3 is 4. The molecule has 5 atom stereocenters. The first-order valence-corrected chi connectivity index (χ1v) is 9.04. The average Bonchev–Trinajstić information content (AvgIpc) is 2.63. The molecular weight excluding hydrogens is 352 g/mol. The van der Waals surface area contributed by atoms with Gasteiger partial charge in [0, 0.05) is 14.2 Å². The second-order valence-electron chi connectivity index (χ2n) is 5.23. The molecule has 144 valence electrons. The van der Waals surface area contributed by atoms with E-state index in [0.717, 1.165) is 6.29 Å². The highest BCUT2D eigenvalue weighted by Gasteiger charge is 2.46. The quantitative estimate of drug-likeness (QED) is 0.224. The van der Waals surface area contributed by atoms with Gasteiger partial charge in [-0.3, -0.25) is 4.79 Å². The van der Waals surface area contributed by atoms with Crippen molar-refractivity contribution in [3.05, 3.63) is 12.0 Å². The first-order chi connectivity index (χ1) is 12.1. The van der Waals surface area contributed by atoms with Crippen LogP contribution in [0.2, 0.25) is 0 Å². The Hall–Kier alpha value is -1.35. The molecule has 8 nitrogen and oxygen atoms in total. The highest BCUT2D eigenvalue weighted by Crippen LogP contribution is 2.30. The molecule has 0 amide bonds. The summed E-state index contributed by atoms with van der Waals surface area (Å²) in [6.45, 7) is 0.0691. The lowest BCUT2D eigenvalue weighted by atomic mass is 9.90. The number of carbonyl (C=O) groups excluding carboxylic acids is 2. The Morgan fingerprint density at radius 1 is 1.24 bits per heavy atom. The van der Waals surface area contributed by atoms with E-state index < -0.39 is 40.6 Å². The van der Waals surface area contributed by atoms with Gasteiger partial charge in [0.15, 0.2) is 12.0 Å². The number of hydrogen-bond donors (Lipinski definition) is 0. The van der Waals surface area contributed by atoms with Gasteiger partial charge in [0.1, 0.15) is 31.4 Å². The maximum Gasteiger partial charge on any atom is 0.187 e. The van der Waals surface area contributed by atoms with Gasteiger partial charge >= 0.3 is 0 Å². The molecule has 1 aliphatic heterocycles. The standard InChI is InChI=1S/C16H25O8S/c1-19-7-11(20-2)8-23-16-15(22-4)14(21-3)12(6-17)13(24-16)9-25(5)10-18/h6-7,12-16H,5,8-9H2,1-4H3/q-1. The van der Waals surface area contributed by atoms with E-state index in [0.29, 0.717) is 5.76 Å². The number of hydrogen-bond acceptors (Lipinski definition) is 9. The number of aldehydes is 1. The zero-order valence-corrected chi connectivity index (χ0v) is 15.7. The van der Waals surface area contributed by atoms with Gasteiger partial charge in [0.25, 0.3) is 0 Å². The van der Waals surface area contributed by atoms with Crippen LogP contribution in [0, 0.1) is 5.92 Å². The van der Waals surface area contributed by atoms with Gasteiger partial charge in [-0.2, -0.15) is 0 Å². The molecule has 1 heterocycles. The fourth-order valence-corrected chi connectivity index (χ4v) is 3.35. The van der Waals surface area contributed by atoms with Crippen LogP contribution >= 0.6 is 0 Å². The van der Waals surface area contributed by atoms with Crippen LogP contribution in [0.25, 0.3) is 0 Å². The normalized spacial score (nSPS) is 30.0. The first-order valence-electron chi connectivity index (χ1n) is 7.48. The lowest BCUT2D eigenvalue weighted by Gasteiger charge is -2.44. The summed E-state index contributed by atoms with van der Waals surface area (Å²) < 4.78 is 32.5. The fraction of sp³-hybridized carbons (Fsp3) is 0.688. The summed E-state index contributed by atoms with van der Waals surface area (Å²) in [5, 5.41) is 1.82. The van der Waals surface area contributed by atoms with Crippen molar-refractivity contribution in [2.75, 3.05) is 40.8 Å². The van der Waals surface area contributed by atoms with Gasteiger partial charge in [0.2, 0.25) is 0 Å². The van der Waals surface area contributed by atoms with Gasteiger partial charge < -0.3 is 43.3 Å². The van der Waals surface area contributed by atoms with Crippen LogP contribution in [-0.4, -0.2) is 82.8 Å². The molecule has 5 unspecified atom stereocenters. The van der Waals surface area contributed by atoms with Crippen molar-refractivity contribution in [3.63, 3.8) is 0 Å².